The molecule has 1 aromatic carbocycles. The van der Waals surface area contributed by atoms with Gasteiger partial charge in [0, 0.05) is 29.1 Å². The second-order valence-electron chi connectivity index (χ2n) is 5.45. The van der Waals surface area contributed by atoms with Gasteiger partial charge >= 0.3 is 0 Å². The second-order valence-corrected chi connectivity index (χ2v) is 5.86. The molecular weight excluding hydrogens is 232 g/mol. The lowest BCUT2D eigenvalue weighted by molar-refractivity contribution is 0.317. The second kappa shape index (κ2) is 3.26. The molecule has 3 aliphatic rings. The summed E-state index contributed by atoms with van der Waals surface area (Å²) in [6.45, 7) is 3.10. The largest absolute Gasteiger partial charge is 0.352 e. The summed E-state index contributed by atoms with van der Waals surface area (Å²) in [7, 11) is 0. The molecule has 1 aromatic rings. The van der Waals surface area contributed by atoms with Crippen LogP contribution in [0.3, 0.4) is 0 Å². The number of rotatable bonds is 0. The Labute approximate surface area is 106 Å². The molecule has 0 spiro atoms. The number of amidine groups is 1. The third kappa shape index (κ3) is 1.25. The summed E-state index contributed by atoms with van der Waals surface area (Å²) in [5, 5.41) is 0.871. The van der Waals surface area contributed by atoms with Crippen molar-refractivity contribution in [1.82, 2.24) is 4.90 Å². The summed E-state index contributed by atoms with van der Waals surface area (Å²) >= 11 is 6.31. The average Bonchev–Trinajstić information content (AvgIpc) is 2.94. The molecule has 2 aliphatic heterocycles. The number of hydrogen-bond donors (Lipinski definition) is 0. The Kier molecular flexibility index (Phi) is 1.91. The minimum atomic E-state index is 0.714. The maximum atomic E-state index is 6.31. The lowest BCUT2D eigenvalue weighted by atomic mass is 10.0. The lowest BCUT2D eigenvalue weighted by Crippen LogP contribution is -2.38. The third-order valence-corrected chi connectivity index (χ3v) is 4.84. The SMILES string of the molecule is Cc1ccc(Cl)c2c1N=C1C3CCC(C3)N1C2. The zero-order valence-electron chi connectivity index (χ0n) is 9.91. The molecule has 2 heterocycles. The number of piperidine rings is 1. The first kappa shape index (κ1) is 9.95. The zero-order valence-corrected chi connectivity index (χ0v) is 10.7. The molecule has 0 amide bonds. The van der Waals surface area contributed by atoms with E-state index in [0.717, 1.165) is 23.3 Å². The van der Waals surface area contributed by atoms with Crippen molar-refractivity contribution in [3.8, 4) is 0 Å². The van der Waals surface area contributed by atoms with Crippen LogP contribution in [0.2, 0.25) is 5.02 Å². The summed E-state index contributed by atoms with van der Waals surface area (Å²) in [5.74, 6) is 2.05. The van der Waals surface area contributed by atoms with Gasteiger partial charge in [-0.1, -0.05) is 17.7 Å². The highest BCUT2D eigenvalue weighted by atomic mass is 35.5. The van der Waals surface area contributed by atoms with Gasteiger partial charge in [-0.25, -0.2) is 4.99 Å². The summed E-state index contributed by atoms with van der Waals surface area (Å²) in [5.41, 5.74) is 3.61. The number of aliphatic imine (C=N–C) groups is 1. The van der Waals surface area contributed by atoms with Crippen LogP contribution in [0.1, 0.15) is 30.4 Å². The monoisotopic (exact) mass is 246 g/mol. The van der Waals surface area contributed by atoms with E-state index < -0.39 is 0 Å². The number of aryl methyl sites for hydroxylation is 1. The maximum absolute atomic E-state index is 6.31. The fourth-order valence-electron chi connectivity index (χ4n) is 3.58. The van der Waals surface area contributed by atoms with Gasteiger partial charge < -0.3 is 4.90 Å². The Morgan fingerprint density at radius 3 is 3.12 bits per heavy atom. The van der Waals surface area contributed by atoms with E-state index in [9.17, 15) is 0 Å². The fraction of sp³-hybridized carbons (Fsp3) is 0.500. The topological polar surface area (TPSA) is 15.6 Å². The first-order valence-electron chi connectivity index (χ1n) is 6.37. The molecule has 2 fully saturated rings. The van der Waals surface area contributed by atoms with Crippen LogP contribution < -0.4 is 0 Å². The smallest absolute Gasteiger partial charge is 0.109 e. The van der Waals surface area contributed by atoms with Gasteiger partial charge in [0.2, 0.25) is 0 Å². The van der Waals surface area contributed by atoms with E-state index in [1.807, 2.05) is 6.07 Å². The minimum absolute atomic E-state index is 0.714. The fourth-order valence-corrected chi connectivity index (χ4v) is 3.79. The van der Waals surface area contributed by atoms with Crippen LogP contribution >= 0.6 is 11.6 Å². The Balaban J connectivity index is 1.90. The molecule has 2 bridgehead atoms. The Bertz CT molecular complexity index is 535. The van der Waals surface area contributed by atoms with Crippen LogP contribution in [-0.4, -0.2) is 16.8 Å². The highest BCUT2D eigenvalue weighted by molar-refractivity contribution is 6.31. The molecule has 1 saturated heterocycles. The van der Waals surface area contributed by atoms with Gasteiger partial charge in [-0.05, 0) is 37.8 Å². The predicted molar refractivity (Wildman–Crippen MR) is 70.0 cm³/mol. The molecule has 0 radical (unpaired) electrons. The lowest BCUT2D eigenvalue weighted by Gasteiger charge is -2.34. The quantitative estimate of drug-likeness (QED) is 0.682. The van der Waals surface area contributed by atoms with Crippen LogP contribution in [0.25, 0.3) is 0 Å². The summed E-state index contributed by atoms with van der Waals surface area (Å²) in [6, 6.07) is 4.81. The summed E-state index contributed by atoms with van der Waals surface area (Å²) in [4.78, 5) is 7.40. The third-order valence-electron chi connectivity index (χ3n) is 4.49. The summed E-state index contributed by atoms with van der Waals surface area (Å²) < 4.78 is 0. The van der Waals surface area contributed by atoms with Crippen LogP contribution in [0, 0.1) is 12.8 Å². The van der Waals surface area contributed by atoms with Crippen molar-refractivity contribution in [2.24, 2.45) is 10.9 Å². The van der Waals surface area contributed by atoms with E-state index >= 15 is 0 Å². The molecule has 0 aromatic heterocycles. The van der Waals surface area contributed by atoms with Gasteiger partial charge in [-0.15, -0.1) is 0 Å². The molecule has 0 N–H and O–H groups in total. The normalized spacial score (nSPS) is 29.1. The van der Waals surface area contributed by atoms with Gasteiger partial charge in [0.1, 0.15) is 5.84 Å². The molecule has 2 atom stereocenters. The van der Waals surface area contributed by atoms with E-state index in [2.05, 4.69) is 17.9 Å². The zero-order chi connectivity index (χ0) is 11.6. The van der Waals surface area contributed by atoms with Crippen molar-refractivity contribution in [2.75, 3.05) is 0 Å². The highest BCUT2D eigenvalue weighted by Gasteiger charge is 2.44. The van der Waals surface area contributed by atoms with Gasteiger partial charge in [-0.2, -0.15) is 0 Å². The average molecular weight is 247 g/mol. The molecule has 1 saturated carbocycles. The van der Waals surface area contributed by atoms with Gasteiger partial charge in [-0.3, -0.25) is 0 Å². The van der Waals surface area contributed by atoms with E-state index in [0.29, 0.717) is 5.92 Å². The Morgan fingerprint density at radius 2 is 2.24 bits per heavy atom. The minimum Gasteiger partial charge on any atom is -0.352 e. The van der Waals surface area contributed by atoms with Crippen LogP contribution in [0.4, 0.5) is 5.69 Å². The first-order chi connectivity index (χ1) is 8.24. The van der Waals surface area contributed by atoms with Crippen molar-refractivity contribution in [2.45, 2.75) is 38.8 Å². The molecule has 2 nitrogen and oxygen atoms in total. The molecule has 88 valence electrons. The summed E-state index contributed by atoms with van der Waals surface area (Å²) in [6.07, 6.45) is 3.97. The molecule has 2 unspecified atom stereocenters. The van der Waals surface area contributed by atoms with Crippen molar-refractivity contribution < 1.29 is 0 Å². The van der Waals surface area contributed by atoms with Crippen LogP contribution in [-0.2, 0) is 6.54 Å². The number of halogens is 1. The van der Waals surface area contributed by atoms with Crippen molar-refractivity contribution in [3.05, 3.63) is 28.3 Å². The van der Waals surface area contributed by atoms with Gasteiger partial charge in [0.15, 0.2) is 0 Å². The standard InChI is InChI=1S/C14H15ClN2/c1-8-2-5-12(15)11-7-17-10-4-3-9(6-10)14(17)16-13(8)11/h2,5,9-10H,3-4,6-7H2,1H3. The van der Waals surface area contributed by atoms with Crippen LogP contribution in [0.5, 0.6) is 0 Å². The maximum Gasteiger partial charge on any atom is 0.109 e. The number of nitrogens with zero attached hydrogens (tertiary/aromatic N) is 2. The first-order valence-corrected chi connectivity index (χ1v) is 6.75. The van der Waals surface area contributed by atoms with Crippen LogP contribution in [0.15, 0.2) is 17.1 Å². The predicted octanol–water partition coefficient (Wildman–Crippen LogP) is 3.68. The Hall–Kier alpha value is -1.02. The molecule has 4 rings (SSSR count). The van der Waals surface area contributed by atoms with Crippen molar-refractivity contribution in [3.63, 3.8) is 0 Å². The molecule has 3 heteroatoms. The number of hydrogen-bond acceptors (Lipinski definition) is 2. The molecular formula is C14H15ClN2. The van der Waals surface area contributed by atoms with E-state index in [1.165, 1.54) is 36.2 Å². The number of benzene rings is 1. The van der Waals surface area contributed by atoms with E-state index in [1.54, 1.807) is 0 Å². The van der Waals surface area contributed by atoms with Crippen molar-refractivity contribution in [1.29, 1.82) is 0 Å². The number of fused-ring (bicyclic) bond motifs is 6. The van der Waals surface area contributed by atoms with E-state index in [4.69, 9.17) is 16.6 Å². The van der Waals surface area contributed by atoms with E-state index in [-0.39, 0.29) is 0 Å². The Morgan fingerprint density at radius 1 is 1.35 bits per heavy atom. The molecule has 17 heavy (non-hydrogen) atoms. The molecule has 1 aliphatic carbocycles. The van der Waals surface area contributed by atoms with Gasteiger partial charge in [0.25, 0.3) is 0 Å². The van der Waals surface area contributed by atoms with Gasteiger partial charge in [0.05, 0.1) is 5.69 Å². The highest BCUT2D eigenvalue weighted by Crippen LogP contribution is 2.46. The van der Waals surface area contributed by atoms with Crippen molar-refractivity contribution >= 4 is 23.1 Å².